The number of phenols is 1. The molecule has 28 heavy (non-hydrogen) atoms. The second kappa shape index (κ2) is 7.54. The highest BCUT2D eigenvalue weighted by Crippen LogP contribution is 2.56. The number of hydrogen-bond donors (Lipinski definition) is 1. The molecule has 4 bridgehead atoms. The van der Waals surface area contributed by atoms with Crippen molar-refractivity contribution in [2.24, 2.45) is 23.7 Å². The van der Waals surface area contributed by atoms with Gasteiger partial charge in [-0.3, -0.25) is 0 Å². The van der Waals surface area contributed by atoms with Gasteiger partial charge in [0.25, 0.3) is 0 Å². The van der Waals surface area contributed by atoms with Crippen molar-refractivity contribution in [3.05, 3.63) is 72.0 Å². The Morgan fingerprint density at radius 3 is 2.29 bits per heavy atom. The lowest BCUT2D eigenvalue weighted by atomic mass is 9.54. The topological polar surface area (TPSA) is 38.7 Å². The monoisotopic (exact) mass is 376 g/mol. The Balaban J connectivity index is 1.34. The van der Waals surface area contributed by atoms with E-state index in [-0.39, 0.29) is 11.9 Å². The van der Waals surface area contributed by atoms with E-state index in [1.54, 1.807) is 12.1 Å². The maximum Gasteiger partial charge on any atom is 0.157 e. The largest absolute Gasteiger partial charge is 0.508 e. The molecule has 146 valence electrons. The van der Waals surface area contributed by atoms with Gasteiger partial charge in [0.1, 0.15) is 18.1 Å². The molecule has 4 aliphatic rings. The Hall–Kier alpha value is -2.42. The van der Waals surface area contributed by atoms with Gasteiger partial charge in [-0.2, -0.15) is 0 Å². The van der Waals surface area contributed by atoms with Crippen LogP contribution in [-0.2, 0) is 4.74 Å². The number of aromatic hydroxyl groups is 1. The summed E-state index contributed by atoms with van der Waals surface area (Å²) in [6, 6.07) is 17.1. The number of benzene rings is 2. The summed E-state index contributed by atoms with van der Waals surface area (Å²) in [5.74, 6) is 4.42. The van der Waals surface area contributed by atoms with Crippen LogP contribution in [0.2, 0.25) is 0 Å². The summed E-state index contributed by atoms with van der Waals surface area (Å²) in [7, 11) is 0. The first-order chi connectivity index (χ1) is 13.7. The normalized spacial score (nSPS) is 28.8. The van der Waals surface area contributed by atoms with Crippen LogP contribution in [0.15, 0.2) is 66.4 Å². The van der Waals surface area contributed by atoms with Crippen LogP contribution >= 0.6 is 0 Å². The number of para-hydroxylation sites is 1. The molecule has 0 saturated heterocycles. The van der Waals surface area contributed by atoms with Crippen molar-refractivity contribution in [2.75, 3.05) is 6.61 Å². The number of rotatable bonds is 6. The van der Waals surface area contributed by atoms with Crippen LogP contribution in [0.5, 0.6) is 11.5 Å². The molecule has 4 aliphatic carbocycles. The Morgan fingerprint density at radius 2 is 1.61 bits per heavy atom. The fourth-order valence-electron chi connectivity index (χ4n) is 5.71. The molecule has 4 saturated carbocycles. The van der Waals surface area contributed by atoms with Gasteiger partial charge in [0.15, 0.2) is 6.10 Å². The molecule has 3 heteroatoms. The SMILES string of the molecule is Oc1cccc(C(COc2ccccc2)OC=C2C3CC4CC(C3)CC2C4)c1. The van der Waals surface area contributed by atoms with Gasteiger partial charge < -0.3 is 14.6 Å². The zero-order chi connectivity index (χ0) is 18.9. The summed E-state index contributed by atoms with van der Waals surface area (Å²) >= 11 is 0. The van der Waals surface area contributed by atoms with Gasteiger partial charge in [0, 0.05) is 0 Å². The van der Waals surface area contributed by atoms with Gasteiger partial charge in [0.05, 0.1) is 6.26 Å². The Morgan fingerprint density at radius 1 is 0.893 bits per heavy atom. The lowest BCUT2D eigenvalue weighted by Gasteiger charge is -2.51. The Labute approximate surface area is 167 Å². The summed E-state index contributed by atoms with van der Waals surface area (Å²) in [4.78, 5) is 0. The molecule has 3 nitrogen and oxygen atoms in total. The second-order valence-corrected chi connectivity index (χ2v) is 8.77. The van der Waals surface area contributed by atoms with Crippen molar-refractivity contribution in [1.82, 2.24) is 0 Å². The van der Waals surface area contributed by atoms with Gasteiger partial charge in [-0.15, -0.1) is 0 Å². The molecular formula is C25H28O3. The van der Waals surface area contributed by atoms with Crippen LogP contribution in [-0.4, -0.2) is 11.7 Å². The van der Waals surface area contributed by atoms with Crippen LogP contribution in [0, 0.1) is 23.7 Å². The van der Waals surface area contributed by atoms with Gasteiger partial charge in [-0.05, 0) is 91.2 Å². The standard InChI is InChI=1S/C25H28O3/c26-22-6-4-5-19(14-22)25(16-27-23-7-2-1-3-8-23)28-15-24-20-10-17-9-18(12-20)13-21(24)11-17/h1-8,14-15,17-18,20-21,25-26H,9-13,16H2. The molecule has 0 spiro atoms. The molecule has 0 heterocycles. The average molecular weight is 376 g/mol. The molecule has 2 aromatic rings. The molecule has 1 unspecified atom stereocenters. The van der Waals surface area contributed by atoms with E-state index < -0.39 is 0 Å². The number of allylic oxidation sites excluding steroid dienone is 1. The molecule has 1 atom stereocenters. The van der Waals surface area contributed by atoms with E-state index in [1.807, 2.05) is 42.5 Å². The minimum Gasteiger partial charge on any atom is -0.508 e. The summed E-state index contributed by atoms with van der Waals surface area (Å²) < 4.78 is 12.3. The van der Waals surface area contributed by atoms with E-state index in [1.165, 1.54) is 37.7 Å². The lowest BCUT2D eigenvalue weighted by molar-refractivity contribution is 0.0498. The van der Waals surface area contributed by atoms with Crippen LogP contribution in [0.1, 0.15) is 43.8 Å². The molecule has 0 aromatic heterocycles. The van der Waals surface area contributed by atoms with E-state index in [4.69, 9.17) is 9.47 Å². The molecule has 1 N–H and O–H groups in total. The van der Waals surface area contributed by atoms with Crippen LogP contribution in [0.4, 0.5) is 0 Å². The maximum absolute atomic E-state index is 9.92. The van der Waals surface area contributed by atoms with Crippen molar-refractivity contribution >= 4 is 0 Å². The highest BCUT2D eigenvalue weighted by atomic mass is 16.5. The van der Waals surface area contributed by atoms with Crippen molar-refractivity contribution in [3.63, 3.8) is 0 Å². The van der Waals surface area contributed by atoms with Gasteiger partial charge in [0.2, 0.25) is 0 Å². The van der Waals surface area contributed by atoms with Gasteiger partial charge in [-0.25, -0.2) is 0 Å². The summed E-state index contributed by atoms with van der Waals surface area (Å²) in [5.41, 5.74) is 2.47. The zero-order valence-corrected chi connectivity index (χ0v) is 16.2. The predicted octanol–water partition coefficient (Wildman–Crippen LogP) is 5.87. The maximum atomic E-state index is 9.92. The third kappa shape index (κ3) is 3.63. The molecule has 6 rings (SSSR count). The van der Waals surface area contributed by atoms with E-state index in [9.17, 15) is 5.11 Å². The number of ether oxygens (including phenoxy) is 2. The molecule has 0 radical (unpaired) electrons. The van der Waals surface area contributed by atoms with Crippen molar-refractivity contribution < 1.29 is 14.6 Å². The molecule has 0 amide bonds. The van der Waals surface area contributed by atoms with Crippen molar-refractivity contribution in [3.8, 4) is 11.5 Å². The first-order valence-corrected chi connectivity index (χ1v) is 10.6. The molecule has 2 aromatic carbocycles. The van der Waals surface area contributed by atoms with Crippen LogP contribution < -0.4 is 4.74 Å². The van der Waals surface area contributed by atoms with Crippen molar-refractivity contribution in [1.29, 1.82) is 0 Å². The number of phenolic OH excluding ortho intramolecular Hbond substituents is 1. The summed E-state index contributed by atoms with van der Waals surface area (Å²) in [6.45, 7) is 0.415. The second-order valence-electron chi connectivity index (χ2n) is 8.77. The molecule has 0 aliphatic heterocycles. The minimum absolute atomic E-state index is 0.239. The van der Waals surface area contributed by atoms with E-state index >= 15 is 0 Å². The van der Waals surface area contributed by atoms with Gasteiger partial charge in [-0.1, -0.05) is 30.3 Å². The molecular weight excluding hydrogens is 348 g/mol. The third-order valence-electron chi connectivity index (χ3n) is 6.84. The lowest BCUT2D eigenvalue weighted by Crippen LogP contribution is -2.40. The zero-order valence-electron chi connectivity index (χ0n) is 16.2. The first kappa shape index (κ1) is 17.7. The van der Waals surface area contributed by atoms with Crippen molar-refractivity contribution in [2.45, 2.75) is 38.2 Å². The fourth-order valence-corrected chi connectivity index (χ4v) is 5.71. The highest BCUT2D eigenvalue weighted by molar-refractivity contribution is 5.29. The minimum atomic E-state index is -0.239. The Bertz CT molecular complexity index is 812. The molecule has 4 fully saturated rings. The third-order valence-corrected chi connectivity index (χ3v) is 6.84. The first-order valence-electron chi connectivity index (χ1n) is 10.6. The van der Waals surface area contributed by atoms with Crippen LogP contribution in [0.25, 0.3) is 0 Å². The van der Waals surface area contributed by atoms with E-state index in [2.05, 4.69) is 6.26 Å². The van der Waals surface area contributed by atoms with Gasteiger partial charge >= 0.3 is 0 Å². The number of hydrogen-bond acceptors (Lipinski definition) is 3. The van der Waals surface area contributed by atoms with Crippen LogP contribution in [0.3, 0.4) is 0 Å². The fraction of sp³-hybridized carbons (Fsp3) is 0.440. The van der Waals surface area contributed by atoms with E-state index in [0.29, 0.717) is 6.61 Å². The predicted molar refractivity (Wildman–Crippen MR) is 109 cm³/mol. The smallest absolute Gasteiger partial charge is 0.157 e. The Kier molecular flexibility index (Phi) is 4.76. The average Bonchev–Trinajstić information content (AvgIpc) is 2.70. The summed E-state index contributed by atoms with van der Waals surface area (Å²) in [6.07, 6.45) is 8.66. The van der Waals surface area contributed by atoms with E-state index in [0.717, 1.165) is 35.0 Å². The quantitative estimate of drug-likeness (QED) is 0.641. The summed E-state index contributed by atoms with van der Waals surface area (Å²) in [5, 5.41) is 9.92. The highest BCUT2D eigenvalue weighted by Gasteiger charge is 2.45.